The normalized spacial score (nSPS) is 10.3. The summed E-state index contributed by atoms with van der Waals surface area (Å²) in [5.74, 6) is -0.0868. The van der Waals surface area contributed by atoms with Crippen LogP contribution in [-0.2, 0) is 6.42 Å². The summed E-state index contributed by atoms with van der Waals surface area (Å²) in [6, 6.07) is 11.4. The second-order valence-electron chi connectivity index (χ2n) is 5.05. The van der Waals surface area contributed by atoms with Gasteiger partial charge in [0.2, 0.25) is 0 Å². The molecule has 2 rings (SSSR count). The van der Waals surface area contributed by atoms with Crippen LogP contribution in [0.5, 0.6) is 0 Å². The fourth-order valence-electron chi connectivity index (χ4n) is 2.32. The van der Waals surface area contributed by atoms with Gasteiger partial charge in [0.1, 0.15) is 0 Å². The van der Waals surface area contributed by atoms with Gasteiger partial charge >= 0.3 is 0 Å². The van der Waals surface area contributed by atoms with Crippen LogP contribution in [0.1, 0.15) is 34.0 Å². The Morgan fingerprint density at radius 2 is 1.95 bits per heavy atom. The zero-order valence-corrected chi connectivity index (χ0v) is 12.2. The molecule has 0 spiro atoms. The maximum atomic E-state index is 12.3. The molecule has 104 valence electrons. The standard InChI is InChI=1S/C17H20N2O/c1-4-13-10-15(18)9-12(3)16(13)19-17(20)14-7-5-6-11(2)8-14/h5-10H,4,18H2,1-3H3,(H,19,20). The molecule has 2 aromatic rings. The summed E-state index contributed by atoms with van der Waals surface area (Å²) in [6.07, 6.45) is 0.829. The Labute approximate surface area is 119 Å². The van der Waals surface area contributed by atoms with Gasteiger partial charge in [0, 0.05) is 16.9 Å². The van der Waals surface area contributed by atoms with Crippen LogP contribution in [0.3, 0.4) is 0 Å². The molecule has 2 aromatic carbocycles. The van der Waals surface area contributed by atoms with E-state index in [1.54, 1.807) is 0 Å². The van der Waals surface area contributed by atoms with Gasteiger partial charge in [-0.05, 0) is 55.7 Å². The van der Waals surface area contributed by atoms with Crippen molar-refractivity contribution in [2.24, 2.45) is 0 Å². The van der Waals surface area contributed by atoms with Crippen molar-refractivity contribution in [1.29, 1.82) is 0 Å². The SMILES string of the molecule is CCc1cc(N)cc(C)c1NC(=O)c1cccc(C)c1. The first kappa shape index (κ1) is 14.1. The van der Waals surface area contributed by atoms with Crippen molar-refractivity contribution >= 4 is 17.3 Å². The number of hydrogen-bond acceptors (Lipinski definition) is 2. The average molecular weight is 268 g/mol. The lowest BCUT2D eigenvalue weighted by Crippen LogP contribution is -2.14. The third-order valence-electron chi connectivity index (χ3n) is 3.34. The molecule has 3 N–H and O–H groups in total. The number of aryl methyl sites for hydroxylation is 3. The number of nitrogens with one attached hydrogen (secondary N) is 1. The predicted octanol–water partition coefficient (Wildman–Crippen LogP) is 3.70. The van der Waals surface area contributed by atoms with Gasteiger partial charge in [0.25, 0.3) is 5.91 Å². The van der Waals surface area contributed by atoms with Crippen molar-refractivity contribution in [2.75, 3.05) is 11.1 Å². The first-order chi connectivity index (χ1) is 9.51. The monoisotopic (exact) mass is 268 g/mol. The minimum atomic E-state index is -0.0868. The summed E-state index contributed by atoms with van der Waals surface area (Å²) >= 11 is 0. The van der Waals surface area contributed by atoms with Crippen LogP contribution < -0.4 is 11.1 Å². The van der Waals surface area contributed by atoms with Crippen LogP contribution in [-0.4, -0.2) is 5.91 Å². The number of hydrogen-bond donors (Lipinski definition) is 2. The van der Waals surface area contributed by atoms with E-state index < -0.39 is 0 Å². The maximum Gasteiger partial charge on any atom is 0.255 e. The van der Waals surface area contributed by atoms with E-state index in [-0.39, 0.29) is 5.91 Å². The van der Waals surface area contributed by atoms with Crippen LogP contribution in [0.4, 0.5) is 11.4 Å². The summed E-state index contributed by atoms with van der Waals surface area (Å²) in [6.45, 7) is 5.99. The molecule has 0 atom stereocenters. The number of nitrogens with two attached hydrogens (primary N) is 1. The van der Waals surface area contributed by atoms with Crippen molar-refractivity contribution in [3.63, 3.8) is 0 Å². The van der Waals surface area contributed by atoms with E-state index in [1.807, 2.05) is 50.2 Å². The van der Waals surface area contributed by atoms with E-state index in [2.05, 4.69) is 12.2 Å². The summed E-state index contributed by atoms with van der Waals surface area (Å²) in [5, 5.41) is 3.01. The zero-order valence-electron chi connectivity index (χ0n) is 12.2. The molecular weight excluding hydrogens is 248 g/mol. The molecule has 0 radical (unpaired) electrons. The van der Waals surface area contributed by atoms with E-state index in [0.29, 0.717) is 5.56 Å². The molecule has 0 fully saturated rings. The van der Waals surface area contributed by atoms with Crippen LogP contribution >= 0.6 is 0 Å². The first-order valence-corrected chi connectivity index (χ1v) is 6.78. The number of carbonyl (C=O) groups is 1. The Morgan fingerprint density at radius 3 is 2.60 bits per heavy atom. The topological polar surface area (TPSA) is 55.1 Å². The van der Waals surface area contributed by atoms with Crippen molar-refractivity contribution in [3.05, 3.63) is 58.7 Å². The van der Waals surface area contributed by atoms with Gasteiger partial charge in [-0.2, -0.15) is 0 Å². The quantitative estimate of drug-likeness (QED) is 0.834. The molecule has 0 saturated carbocycles. The Balaban J connectivity index is 2.32. The fraction of sp³-hybridized carbons (Fsp3) is 0.235. The van der Waals surface area contributed by atoms with E-state index in [4.69, 9.17) is 5.73 Å². The maximum absolute atomic E-state index is 12.3. The molecule has 0 bridgehead atoms. The second kappa shape index (κ2) is 5.78. The average Bonchev–Trinajstić information content (AvgIpc) is 2.41. The smallest absolute Gasteiger partial charge is 0.255 e. The Kier molecular flexibility index (Phi) is 4.08. The molecule has 0 aliphatic heterocycles. The number of carbonyl (C=O) groups excluding carboxylic acids is 1. The predicted molar refractivity (Wildman–Crippen MR) is 84.1 cm³/mol. The minimum Gasteiger partial charge on any atom is -0.399 e. The molecule has 3 nitrogen and oxygen atoms in total. The van der Waals surface area contributed by atoms with Gasteiger partial charge in [0.05, 0.1) is 0 Å². The van der Waals surface area contributed by atoms with Gasteiger partial charge in [-0.15, -0.1) is 0 Å². The van der Waals surface area contributed by atoms with E-state index in [1.165, 1.54) is 0 Å². The van der Waals surface area contributed by atoms with Gasteiger partial charge in [-0.3, -0.25) is 4.79 Å². The van der Waals surface area contributed by atoms with Crippen molar-refractivity contribution in [1.82, 2.24) is 0 Å². The summed E-state index contributed by atoms with van der Waals surface area (Å²) < 4.78 is 0. The number of anilines is 2. The van der Waals surface area contributed by atoms with E-state index >= 15 is 0 Å². The van der Waals surface area contributed by atoms with Gasteiger partial charge < -0.3 is 11.1 Å². The lowest BCUT2D eigenvalue weighted by molar-refractivity contribution is 0.102. The fourth-order valence-corrected chi connectivity index (χ4v) is 2.32. The molecule has 0 unspecified atom stereocenters. The van der Waals surface area contributed by atoms with Crippen LogP contribution in [0.2, 0.25) is 0 Å². The lowest BCUT2D eigenvalue weighted by Gasteiger charge is -2.14. The van der Waals surface area contributed by atoms with Gasteiger partial charge in [0.15, 0.2) is 0 Å². The minimum absolute atomic E-state index is 0.0868. The molecule has 3 heteroatoms. The molecule has 0 saturated heterocycles. The van der Waals surface area contributed by atoms with Crippen LogP contribution in [0.15, 0.2) is 36.4 Å². The highest BCUT2D eigenvalue weighted by Gasteiger charge is 2.11. The number of rotatable bonds is 3. The third-order valence-corrected chi connectivity index (χ3v) is 3.34. The lowest BCUT2D eigenvalue weighted by atomic mass is 10.0. The molecule has 20 heavy (non-hydrogen) atoms. The number of amides is 1. The third kappa shape index (κ3) is 2.99. The van der Waals surface area contributed by atoms with Crippen molar-refractivity contribution in [3.8, 4) is 0 Å². The zero-order chi connectivity index (χ0) is 14.7. The first-order valence-electron chi connectivity index (χ1n) is 6.78. The number of benzene rings is 2. The Bertz CT molecular complexity index is 647. The highest BCUT2D eigenvalue weighted by molar-refractivity contribution is 6.05. The van der Waals surface area contributed by atoms with Crippen LogP contribution in [0.25, 0.3) is 0 Å². The largest absolute Gasteiger partial charge is 0.399 e. The van der Waals surface area contributed by atoms with E-state index in [9.17, 15) is 4.79 Å². The molecule has 1 amide bonds. The summed E-state index contributed by atoms with van der Waals surface area (Å²) in [5.41, 5.74) is 11.2. The highest BCUT2D eigenvalue weighted by atomic mass is 16.1. The van der Waals surface area contributed by atoms with Crippen molar-refractivity contribution < 1.29 is 4.79 Å². The Hall–Kier alpha value is -2.29. The molecule has 0 aromatic heterocycles. The van der Waals surface area contributed by atoms with Crippen molar-refractivity contribution in [2.45, 2.75) is 27.2 Å². The number of nitrogen functional groups attached to an aromatic ring is 1. The molecule has 0 aliphatic rings. The van der Waals surface area contributed by atoms with Gasteiger partial charge in [-0.25, -0.2) is 0 Å². The second-order valence-corrected chi connectivity index (χ2v) is 5.05. The van der Waals surface area contributed by atoms with Gasteiger partial charge in [-0.1, -0.05) is 24.6 Å². The molecular formula is C17H20N2O. The summed E-state index contributed by atoms with van der Waals surface area (Å²) in [7, 11) is 0. The summed E-state index contributed by atoms with van der Waals surface area (Å²) in [4.78, 5) is 12.3. The molecule has 0 heterocycles. The van der Waals surface area contributed by atoms with Crippen LogP contribution in [0, 0.1) is 13.8 Å². The highest BCUT2D eigenvalue weighted by Crippen LogP contribution is 2.25. The molecule has 0 aliphatic carbocycles. The van der Waals surface area contributed by atoms with E-state index in [0.717, 1.165) is 34.5 Å². The Morgan fingerprint density at radius 1 is 1.20 bits per heavy atom.